The lowest BCUT2D eigenvalue weighted by molar-refractivity contribution is -0.0154. The van der Waals surface area contributed by atoms with Crippen LogP contribution in [0.3, 0.4) is 0 Å². The molecule has 0 spiro atoms. The van der Waals surface area contributed by atoms with E-state index in [9.17, 15) is 5.11 Å². The first-order chi connectivity index (χ1) is 10.6. The lowest BCUT2D eigenvalue weighted by atomic mass is 9.78. The Hall–Kier alpha value is -0.860. The Morgan fingerprint density at radius 2 is 1.77 bits per heavy atom. The fourth-order valence-electron chi connectivity index (χ4n) is 4.23. The number of nitrogens with one attached hydrogen (secondary N) is 1. The van der Waals surface area contributed by atoms with E-state index in [0.29, 0.717) is 12.5 Å². The van der Waals surface area contributed by atoms with Gasteiger partial charge in [-0.3, -0.25) is 0 Å². The van der Waals surface area contributed by atoms with Crippen LogP contribution in [-0.4, -0.2) is 17.3 Å². The molecule has 22 heavy (non-hydrogen) atoms. The molecule has 1 aromatic rings. The Bertz CT molecular complexity index is 488. The summed E-state index contributed by atoms with van der Waals surface area (Å²) in [6.07, 6.45) is 11.4. The van der Waals surface area contributed by atoms with Crippen molar-refractivity contribution in [2.45, 2.75) is 76.9 Å². The Kier molecular flexibility index (Phi) is 5.20. The molecule has 2 heteroatoms. The Labute approximate surface area is 135 Å². The zero-order valence-electron chi connectivity index (χ0n) is 14.0. The fourth-order valence-corrected chi connectivity index (χ4v) is 4.23. The molecule has 2 aliphatic rings. The largest absolute Gasteiger partial charge is 0.389 e. The minimum Gasteiger partial charge on any atom is -0.389 e. The van der Waals surface area contributed by atoms with E-state index >= 15 is 0 Å². The standard InChI is InChI=1S/C20H31NO/c1-20(22,19-9-3-2-4-10-19)15-21-14-16-11-12-17-7-5-6-8-18(17)13-16/h11-13,19,21-22H,2-10,14-15H2,1H3. The maximum absolute atomic E-state index is 10.7. The van der Waals surface area contributed by atoms with Gasteiger partial charge in [-0.05, 0) is 68.1 Å². The van der Waals surface area contributed by atoms with Gasteiger partial charge < -0.3 is 10.4 Å². The van der Waals surface area contributed by atoms with Crippen molar-refractivity contribution in [1.82, 2.24) is 5.32 Å². The molecule has 1 fully saturated rings. The van der Waals surface area contributed by atoms with Gasteiger partial charge in [-0.25, -0.2) is 0 Å². The second kappa shape index (κ2) is 7.14. The summed E-state index contributed by atoms with van der Waals surface area (Å²) in [5, 5.41) is 14.2. The minimum absolute atomic E-state index is 0.470. The van der Waals surface area contributed by atoms with Crippen molar-refractivity contribution in [3.63, 3.8) is 0 Å². The molecule has 0 bridgehead atoms. The smallest absolute Gasteiger partial charge is 0.0771 e. The summed E-state index contributed by atoms with van der Waals surface area (Å²) < 4.78 is 0. The van der Waals surface area contributed by atoms with Crippen LogP contribution in [0.25, 0.3) is 0 Å². The Balaban J connectivity index is 1.51. The minimum atomic E-state index is -0.561. The molecule has 1 unspecified atom stereocenters. The molecule has 1 saturated carbocycles. The zero-order chi connectivity index (χ0) is 15.4. The van der Waals surface area contributed by atoms with Crippen molar-refractivity contribution in [1.29, 1.82) is 0 Å². The zero-order valence-corrected chi connectivity index (χ0v) is 14.0. The van der Waals surface area contributed by atoms with Crippen LogP contribution < -0.4 is 5.32 Å². The second-order valence-electron chi connectivity index (χ2n) is 7.61. The number of hydrogen-bond donors (Lipinski definition) is 2. The van der Waals surface area contributed by atoms with E-state index in [1.54, 1.807) is 11.1 Å². The third kappa shape index (κ3) is 3.91. The predicted octanol–water partition coefficient (Wildman–Crippen LogP) is 3.99. The average molecular weight is 301 g/mol. The van der Waals surface area contributed by atoms with Gasteiger partial charge in [0.1, 0.15) is 0 Å². The maximum atomic E-state index is 10.7. The molecule has 0 heterocycles. The molecule has 0 radical (unpaired) electrons. The average Bonchev–Trinajstić information content (AvgIpc) is 2.55. The van der Waals surface area contributed by atoms with E-state index in [-0.39, 0.29) is 0 Å². The van der Waals surface area contributed by atoms with Crippen LogP contribution in [0, 0.1) is 5.92 Å². The highest BCUT2D eigenvalue weighted by Gasteiger charge is 2.32. The van der Waals surface area contributed by atoms with Crippen molar-refractivity contribution in [2.24, 2.45) is 5.92 Å². The van der Waals surface area contributed by atoms with Crippen molar-refractivity contribution in [3.8, 4) is 0 Å². The van der Waals surface area contributed by atoms with Gasteiger partial charge >= 0.3 is 0 Å². The summed E-state index contributed by atoms with van der Waals surface area (Å²) in [7, 11) is 0. The molecule has 2 aliphatic carbocycles. The van der Waals surface area contributed by atoms with Crippen molar-refractivity contribution in [3.05, 3.63) is 34.9 Å². The highest BCUT2D eigenvalue weighted by Crippen LogP contribution is 2.32. The van der Waals surface area contributed by atoms with Crippen LogP contribution in [0.4, 0.5) is 0 Å². The number of fused-ring (bicyclic) bond motifs is 1. The maximum Gasteiger partial charge on any atom is 0.0771 e. The molecule has 0 saturated heterocycles. The summed E-state index contributed by atoms with van der Waals surface area (Å²) in [5.74, 6) is 0.470. The summed E-state index contributed by atoms with van der Waals surface area (Å²) in [6.45, 7) is 3.59. The summed E-state index contributed by atoms with van der Waals surface area (Å²) >= 11 is 0. The van der Waals surface area contributed by atoms with Crippen LogP contribution in [0.1, 0.15) is 68.6 Å². The van der Waals surface area contributed by atoms with Crippen molar-refractivity contribution >= 4 is 0 Å². The fraction of sp³-hybridized carbons (Fsp3) is 0.700. The van der Waals surface area contributed by atoms with Gasteiger partial charge in [-0.2, -0.15) is 0 Å². The van der Waals surface area contributed by atoms with E-state index in [2.05, 4.69) is 23.5 Å². The monoisotopic (exact) mass is 301 g/mol. The third-order valence-corrected chi connectivity index (χ3v) is 5.71. The second-order valence-corrected chi connectivity index (χ2v) is 7.61. The molecule has 2 nitrogen and oxygen atoms in total. The highest BCUT2D eigenvalue weighted by molar-refractivity contribution is 5.33. The van der Waals surface area contributed by atoms with Crippen LogP contribution in [0.2, 0.25) is 0 Å². The summed E-state index contributed by atoms with van der Waals surface area (Å²) in [6, 6.07) is 6.94. The molecule has 1 atom stereocenters. The van der Waals surface area contributed by atoms with E-state index in [1.807, 2.05) is 6.92 Å². The van der Waals surface area contributed by atoms with Gasteiger partial charge in [0.15, 0.2) is 0 Å². The molecule has 3 rings (SSSR count). The lowest BCUT2D eigenvalue weighted by Gasteiger charge is -2.35. The highest BCUT2D eigenvalue weighted by atomic mass is 16.3. The molecule has 2 N–H and O–H groups in total. The third-order valence-electron chi connectivity index (χ3n) is 5.71. The first-order valence-electron chi connectivity index (χ1n) is 9.19. The number of aryl methyl sites for hydroxylation is 2. The summed E-state index contributed by atoms with van der Waals surface area (Å²) in [4.78, 5) is 0. The summed E-state index contributed by atoms with van der Waals surface area (Å²) in [5.41, 5.74) is 3.89. The Morgan fingerprint density at radius 1 is 1.05 bits per heavy atom. The van der Waals surface area contributed by atoms with Crippen LogP contribution in [0.15, 0.2) is 18.2 Å². The van der Waals surface area contributed by atoms with Crippen LogP contribution in [-0.2, 0) is 19.4 Å². The SMILES string of the molecule is CC(O)(CNCc1ccc2c(c1)CCCC2)C1CCCCC1. The van der Waals surface area contributed by atoms with E-state index in [4.69, 9.17) is 0 Å². The number of hydrogen-bond acceptors (Lipinski definition) is 2. The normalized spacial score (nSPS) is 22.1. The van der Waals surface area contributed by atoms with Gasteiger partial charge in [0.05, 0.1) is 5.60 Å². The number of rotatable bonds is 5. The number of aliphatic hydroxyl groups is 1. The number of benzene rings is 1. The molecular formula is C20H31NO. The van der Waals surface area contributed by atoms with Crippen molar-refractivity contribution < 1.29 is 5.11 Å². The molecular weight excluding hydrogens is 270 g/mol. The topological polar surface area (TPSA) is 32.3 Å². The quantitative estimate of drug-likeness (QED) is 0.862. The van der Waals surface area contributed by atoms with Gasteiger partial charge in [0, 0.05) is 13.1 Å². The first kappa shape index (κ1) is 16.0. The van der Waals surface area contributed by atoms with Gasteiger partial charge in [-0.15, -0.1) is 0 Å². The van der Waals surface area contributed by atoms with Crippen LogP contribution >= 0.6 is 0 Å². The molecule has 1 aromatic carbocycles. The molecule has 0 aliphatic heterocycles. The Morgan fingerprint density at radius 3 is 2.55 bits per heavy atom. The van der Waals surface area contributed by atoms with Crippen molar-refractivity contribution in [2.75, 3.05) is 6.54 Å². The van der Waals surface area contributed by atoms with Gasteiger partial charge in [0.25, 0.3) is 0 Å². The first-order valence-corrected chi connectivity index (χ1v) is 9.19. The molecule has 0 aromatic heterocycles. The van der Waals surface area contributed by atoms with E-state index in [0.717, 1.165) is 6.54 Å². The van der Waals surface area contributed by atoms with Crippen LogP contribution in [0.5, 0.6) is 0 Å². The van der Waals surface area contributed by atoms with Gasteiger partial charge in [0.2, 0.25) is 0 Å². The van der Waals surface area contributed by atoms with Gasteiger partial charge in [-0.1, -0.05) is 37.5 Å². The molecule has 0 amide bonds. The molecule has 122 valence electrons. The van der Waals surface area contributed by atoms with E-state index in [1.165, 1.54) is 63.4 Å². The predicted molar refractivity (Wildman–Crippen MR) is 92.0 cm³/mol. The lowest BCUT2D eigenvalue weighted by Crippen LogP contribution is -2.44. The van der Waals surface area contributed by atoms with E-state index < -0.39 is 5.60 Å².